The summed E-state index contributed by atoms with van der Waals surface area (Å²) in [6.07, 6.45) is 2.22. The van der Waals surface area contributed by atoms with Gasteiger partial charge in [0.15, 0.2) is 8.24 Å². The quantitative estimate of drug-likeness (QED) is 0.598. The smallest absolute Gasteiger partial charge is 0.437 e. The number of hydrogen-bond acceptors (Lipinski definition) is 0. The van der Waals surface area contributed by atoms with Crippen LogP contribution in [-0.2, 0) is 0 Å². The second-order valence-electron chi connectivity index (χ2n) is 6.51. The minimum Gasteiger partial charge on any atom is -0.437 e. The fraction of sp³-hybridized carbons (Fsp3) is 0.529. The predicted molar refractivity (Wildman–Crippen MR) is 87.2 cm³/mol. The summed E-state index contributed by atoms with van der Waals surface area (Å²) in [7, 11) is -1.63. The van der Waals surface area contributed by atoms with Crippen LogP contribution in [0, 0.1) is 6.07 Å². The van der Waals surface area contributed by atoms with Crippen LogP contribution < -0.4 is 18.9 Å². The van der Waals surface area contributed by atoms with Gasteiger partial charge in [-0.25, -0.2) is 0 Å². The molecule has 2 aromatic rings. The van der Waals surface area contributed by atoms with E-state index in [-0.39, 0.29) is 18.9 Å². The standard InChI is InChI=1S/C17H26NSi.Li/c1-13(2)19(14(3)4,15(5)6)18-12-11-16-9-7-8-10-17(16)18;/h7-10,12-15H,1-6H3;/q-1;+1. The van der Waals surface area contributed by atoms with Crippen molar-refractivity contribution in [2.75, 3.05) is 0 Å². The first-order valence-electron chi connectivity index (χ1n) is 7.40. The Bertz CT molecular complexity index is 535. The Kier molecular flexibility index (Phi) is 5.78. The van der Waals surface area contributed by atoms with Gasteiger partial charge in [0, 0.05) is 0 Å². The summed E-state index contributed by atoms with van der Waals surface area (Å²) in [5.74, 6) is 0. The molecule has 3 heteroatoms. The molecule has 0 saturated carbocycles. The van der Waals surface area contributed by atoms with E-state index in [9.17, 15) is 0 Å². The van der Waals surface area contributed by atoms with E-state index in [2.05, 4.69) is 82.3 Å². The number of aromatic nitrogens is 1. The first-order chi connectivity index (χ1) is 8.92. The minimum atomic E-state index is -1.63. The van der Waals surface area contributed by atoms with Gasteiger partial charge in [0.25, 0.3) is 0 Å². The van der Waals surface area contributed by atoms with Gasteiger partial charge < -0.3 is 4.23 Å². The maximum absolute atomic E-state index is 3.46. The van der Waals surface area contributed by atoms with Crippen LogP contribution in [0.15, 0.2) is 30.5 Å². The molecular formula is C17H26LiNSi. The topological polar surface area (TPSA) is 4.93 Å². The van der Waals surface area contributed by atoms with Crippen LogP contribution in [0.2, 0.25) is 16.6 Å². The first kappa shape index (κ1) is 17.6. The monoisotopic (exact) mass is 279 g/mol. The van der Waals surface area contributed by atoms with Gasteiger partial charge in [0.05, 0.1) is 0 Å². The van der Waals surface area contributed by atoms with Crippen molar-refractivity contribution in [2.24, 2.45) is 0 Å². The third kappa shape index (κ3) is 2.54. The Morgan fingerprint density at radius 3 is 1.90 bits per heavy atom. The summed E-state index contributed by atoms with van der Waals surface area (Å²) in [5.41, 5.74) is 3.52. The van der Waals surface area contributed by atoms with Crippen molar-refractivity contribution >= 4 is 19.1 Å². The predicted octanol–water partition coefficient (Wildman–Crippen LogP) is 2.47. The van der Waals surface area contributed by atoms with Gasteiger partial charge in [0.2, 0.25) is 0 Å². The van der Waals surface area contributed by atoms with Crippen molar-refractivity contribution in [1.82, 2.24) is 4.23 Å². The van der Waals surface area contributed by atoms with Crippen LogP contribution in [0.1, 0.15) is 41.5 Å². The Hall–Kier alpha value is -0.426. The van der Waals surface area contributed by atoms with E-state index in [0.29, 0.717) is 0 Å². The number of nitrogens with zero attached hydrogens (tertiary/aromatic N) is 1. The SMILES string of the molecule is CC(C)[Si](C(C)C)(C(C)C)n1c[c-]c2ccccc21.[Li+]. The molecule has 1 heterocycles. The van der Waals surface area contributed by atoms with Crippen LogP contribution in [0.25, 0.3) is 10.9 Å². The molecule has 0 aliphatic rings. The number of fused-ring (bicyclic) bond motifs is 1. The zero-order valence-corrected chi connectivity index (χ0v) is 15.1. The molecular weight excluding hydrogens is 253 g/mol. The average molecular weight is 279 g/mol. The molecule has 0 amide bonds. The van der Waals surface area contributed by atoms with Crippen LogP contribution in [0.5, 0.6) is 0 Å². The molecule has 1 aromatic heterocycles. The maximum atomic E-state index is 3.46. The molecule has 0 unspecified atom stereocenters. The van der Waals surface area contributed by atoms with Crippen LogP contribution in [0.4, 0.5) is 0 Å². The van der Waals surface area contributed by atoms with Crippen molar-refractivity contribution < 1.29 is 18.9 Å². The molecule has 0 fully saturated rings. The zero-order valence-electron chi connectivity index (χ0n) is 14.1. The van der Waals surface area contributed by atoms with Crippen molar-refractivity contribution in [3.8, 4) is 0 Å². The molecule has 2 rings (SSSR count). The molecule has 104 valence electrons. The second kappa shape index (κ2) is 6.56. The Morgan fingerprint density at radius 2 is 1.40 bits per heavy atom. The van der Waals surface area contributed by atoms with Gasteiger partial charge in [-0.05, 0) is 16.6 Å². The normalized spacial score (nSPS) is 12.4. The molecule has 0 aliphatic carbocycles. The molecule has 20 heavy (non-hydrogen) atoms. The van der Waals surface area contributed by atoms with E-state index in [1.165, 1.54) is 10.9 Å². The third-order valence-electron chi connectivity index (χ3n) is 4.70. The minimum absolute atomic E-state index is 0. The Labute approximate surface area is 137 Å². The fourth-order valence-electron chi connectivity index (χ4n) is 4.16. The average Bonchev–Trinajstić information content (AvgIpc) is 2.73. The van der Waals surface area contributed by atoms with E-state index >= 15 is 0 Å². The summed E-state index contributed by atoms with van der Waals surface area (Å²) < 4.78 is 2.61. The van der Waals surface area contributed by atoms with Gasteiger partial charge in [0.1, 0.15) is 0 Å². The molecule has 0 saturated heterocycles. The van der Waals surface area contributed by atoms with Gasteiger partial charge >= 0.3 is 18.9 Å². The second-order valence-corrected chi connectivity index (χ2v) is 12.2. The van der Waals surface area contributed by atoms with E-state index in [1.54, 1.807) is 0 Å². The van der Waals surface area contributed by atoms with Gasteiger partial charge in [-0.2, -0.15) is 17.5 Å². The number of rotatable bonds is 4. The number of hydrogen-bond donors (Lipinski definition) is 0. The fourth-order valence-corrected chi connectivity index (χ4v) is 10.7. The van der Waals surface area contributed by atoms with E-state index < -0.39 is 8.24 Å². The van der Waals surface area contributed by atoms with Crippen molar-refractivity contribution in [3.63, 3.8) is 0 Å². The van der Waals surface area contributed by atoms with Crippen LogP contribution in [0.3, 0.4) is 0 Å². The summed E-state index contributed by atoms with van der Waals surface area (Å²) in [5, 5.41) is 1.25. The Morgan fingerprint density at radius 1 is 0.900 bits per heavy atom. The number of para-hydroxylation sites is 1. The van der Waals surface area contributed by atoms with Gasteiger partial charge in [-0.1, -0.05) is 65.4 Å². The Balaban J connectivity index is 0.00000200. The van der Waals surface area contributed by atoms with Crippen LogP contribution in [-0.4, -0.2) is 12.5 Å². The first-order valence-corrected chi connectivity index (χ1v) is 9.58. The van der Waals surface area contributed by atoms with Crippen LogP contribution >= 0.6 is 0 Å². The summed E-state index contributed by atoms with van der Waals surface area (Å²) in [4.78, 5) is 0. The summed E-state index contributed by atoms with van der Waals surface area (Å²) in [6, 6.07) is 12.1. The number of benzene rings is 1. The van der Waals surface area contributed by atoms with Crippen molar-refractivity contribution in [1.29, 1.82) is 0 Å². The molecule has 1 aromatic carbocycles. The van der Waals surface area contributed by atoms with Gasteiger partial charge in [-0.15, -0.1) is 6.07 Å². The molecule has 0 radical (unpaired) electrons. The van der Waals surface area contributed by atoms with E-state index in [1.807, 2.05) is 0 Å². The molecule has 0 atom stereocenters. The summed E-state index contributed by atoms with van der Waals surface area (Å²) in [6.45, 7) is 14.4. The molecule has 1 nitrogen and oxygen atoms in total. The summed E-state index contributed by atoms with van der Waals surface area (Å²) >= 11 is 0. The largest absolute Gasteiger partial charge is 1.00 e. The maximum Gasteiger partial charge on any atom is 1.00 e. The molecule has 0 spiro atoms. The van der Waals surface area contributed by atoms with Gasteiger partial charge in [-0.3, -0.25) is 0 Å². The van der Waals surface area contributed by atoms with Crippen molar-refractivity contribution in [2.45, 2.75) is 58.2 Å². The molecule has 0 aliphatic heterocycles. The molecule has 0 N–H and O–H groups in total. The van der Waals surface area contributed by atoms with E-state index in [0.717, 1.165) is 16.6 Å². The van der Waals surface area contributed by atoms with E-state index in [4.69, 9.17) is 0 Å². The molecule has 0 bridgehead atoms. The van der Waals surface area contributed by atoms with Crippen molar-refractivity contribution in [3.05, 3.63) is 36.5 Å². The zero-order chi connectivity index (χ0) is 14.2. The third-order valence-corrected chi connectivity index (χ3v) is 11.5.